The number of esters is 1. The molecule has 1 aromatic heterocycles. The number of alkyl halides is 2. The Hall–Kier alpha value is -4.55. The van der Waals surface area contributed by atoms with Gasteiger partial charge >= 0.3 is 5.97 Å². The molecule has 4 N–H and O–H groups in total. The van der Waals surface area contributed by atoms with Crippen molar-refractivity contribution >= 4 is 17.6 Å². The fraction of sp³-hybridized carbons (Fsp3) is 0.682. The maximum absolute atomic E-state index is 14.3. The molecule has 6 aliphatic heterocycles. The number of benzene rings is 1. The van der Waals surface area contributed by atoms with Crippen LogP contribution in [0.1, 0.15) is 161 Å². The molecule has 20 heteroatoms. The zero-order chi connectivity index (χ0) is 62.3. The van der Waals surface area contributed by atoms with E-state index in [1.165, 1.54) is 23.5 Å². The average Bonchev–Trinajstić information content (AvgIpc) is 1.67. The molecular formula is C66H93F2N3O15. The summed E-state index contributed by atoms with van der Waals surface area (Å²) in [6.07, 6.45) is 8.08. The molecule has 4 saturated heterocycles. The highest BCUT2D eigenvalue weighted by Gasteiger charge is 2.60. The quantitative estimate of drug-likeness (QED) is 0.122. The van der Waals surface area contributed by atoms with Crippen LogP contribution in [0.25, 0.3) is 0 Å². The summed E-state index contributed by atoms with van der Waals surface area (Å²) in [4.78, 5) is 26.9. The fourth-order valence-corrected chi connectivity index (χ4v) is 14.4. The molecule has 86 heavy (non-hydrogen) atoms. The molecule has 18 nitrogen and oxygen atoms in total. The van der Waals surface area contributed by atoms with E-state index in [9.17, 15) is 33.7 Å². The van der Waals surface area contributed by atoms with E-state index in [0.717, 1.165) is 24.0 Å². The van der Waals surface area contributed by atoms with Gasteiger partial charge in [0.25, 0.3) is 12.3 Å². The SMILES string of the molecule is CC1CC(C)(C)c2cccc(NC(=O)c3cn(C)nc3C(F)F)c21.CC[C@H](C)[C@H]1O[C@]2(C=C[C@@H]1C)C[C@@H]1C[C@@H](C/C=C(\C)[C@@H](O[C@H]3C[C@H](OC)[C@@H](O[C@H]4C[C@H](OC)[C@@H](O)[C@H](C)O4)[C@H](C)O3)[C@@H](C)/C=C/C=C3\CO[C@@H]4[C@H](O)C(C)=C[C@@H](C(=O)O1)[C@]34O)O2. The Morgan fingerprint density at radius 3 is 2.34 bits per heavy atom. The molecule has 21 atom stereocenters. The van der Waals surface area contributed by atoms with E-state index in [4.69, 9.17) is 47.4 Å². The van der Waals surface area contributed by atoms with Gasteiger partial charge in [0, 0.05) is 70.7 Å². The molecule has 2 aromatic rings. The number of nitrogens with one attached hydrogen (secondary N) is 1. The highest BCUT2D eigenvalue weighted by atomic mass is 19.3. The van der Waals surface area contributed by atoms with Gasteiger partial charge in [0.15, 0.2) is 18.4 Å². The predicted molar refractivity (Wildman–Crippen MR) is 316 cm³/mol. The van der Waals surface area contributed by atoms with Gasteiger partial charge in [-0.15, -0.1) is 0 Å². The second-order valence-corrected chi connectivity index (χ2v) is 26.1. The molecule has 476 valence electrons. The summed E-state index contributed by atoms with van der Waals surface area (Å²) in [6.45, 7) is 22.6. The Labute approximate surface area is 505 Å². The number of methoxy groups -OCH3 is 2. The largest absolute Gasteiger partial charge is 0.462 e. The van der Waals surface area contributed by atoms with Gasteiger partial charge in [0.2, 0.25) is 0 Å². The van der Waals surface area contributed by atoms with Crippen LogP contribution in [0.2, 0.25) is 0 Å². The van der Waals surface area contributed by atoms with Crippen LogP contribution in [0, 0.1) is 23.7 Å². The zero-order valence-electron chi connectivity index (χ0n) is 52.4. The first-order chi connectivity index (χ1) is 40.7. The number of aliphatic hydroxyl groups excluding tert-OH is 2. The van der Waals surface area contributed by atoms with Crippen LogP contribution in [0.5, 0.6) is 0 Å². The molecule has 0 saturated carbocycles. The number of aryl methyl sites for hydroxylation is 1. The van der Waals surface area contributed by atoms with E-state index in [1.807, 2.05) is 44.2 Å². The van der Waals surface area contributed by atoms with Crippen LogP contribution in [0.4, 0.5) is 14.5 Å². The van der Waals surface area contributed by atoms with Gasteiger partial charge in [0.1, 0.15) is 47.7 Å². The molecule has 1 aromatic carbocycles. The Bertz CT molecular complexity index is 2890. The normalized spacial score (nSPS) is 40.7. The lowest BCUT2D eigenvalue weighted by molar-refractivity contribution is -0.318. The van der Waals surface area contributed by atoms with Crippen molar-refractivity contribution in [1.29, 1.82) is 0 Å². The van der Waals surface area contributed by atoms with E-state index < -0.39 is 109 Å². The topological polar surface area (TPSA) is 217 Å². The van der Waals surface area contributed by atoms with Gasteiger partial charge in [0.05, 0.1) is 54.9 Å². The van der Waals surface area contributed by atoms with Gasteiger partial charge in [-0.05, 0) is 97.8 Å². The van der Waals surface area contributed by atoms with Gasteiger partial charge in [-0.3, -0.25) is 14.3 Å². The van der Waals surface area contributed by atoms with Crippen LogP contribution in [0.15, 0.2) is 83.6 Å². The van der Waals surface area contributed by atoms with Crippen molar-refractivity contribution in [2.45, 2.75) is 236 Å². The third-order valence-corrected chi connectivity index (χ3v) is 19.2. The lowest BCUT2D eigenvalue weighted by atomic mass is 9.71. The molecule has 1 amide bonds. The third-order valence-electron chi connectivity index (χ3n) is 19.2. The number of rotatable bonds is 11. The van der Waals surface area contributed by atoms with Gasteiger partial charge in [-0.2, -0.15) is 5.10 Å². The standard InChI is InChI=1S/C48H72O14.C18H21F2N3O/c1-11-25(2)43-28(5)17-18-47(62-43)23-34-20-33(61-47)16-15-27(4)42(26(3)13-12-14-32-24-55-45-40(49)29(6)19-35(46(51)58-34)48(32,45)52)59-39-22-37(54-10)44(31(8)57-39)60-38-21-36(53-9)41(50)30(7)56-38;1-10-8-18(2,3)12-6-5-7-13(14(10)12)21-17(24)11-9-23(4)22-15(11)16(19)20/h12-15,17-19,25-26,28,30-31,33-45,49-50,52H,11,16,20-24H2,1-10H3;5-7,9-10,16H,8H2,1-4H3,(H,21,24)/b13-12+,27-15+,32-14+;/t25-,26-,28-,30-,31-,33+,34-,35-,36-,37-,38-,39-,40+,41-,42-,43+,44-,45+,47+,48+;/m0./s1. The molecule has 0 radical (unpaired) electrons. The minimum Gasteiger partial charge on any atom is -0.462 e. The summed E-state index contributed by atoms with van der Waals surface area (Å²) in [5, 5.41) is 40.7. The first-order valence-electron chi connectivity index (χ1n) is 30.8. The zero-order valence-corrected chi connectivity index (χ0v) is 52.4. The summed E-state index contributed by atoms with van der Waals surface area (Å²) in [7, 11) is 4.74. The molecule has 1 spiro atoms. The molecule has 1 unspecified atom stereocenters. The summed E-state index contributed by atoms with van der Waals surface area (Å²) in [5.41, 5.74) is 2.59. The van der Waals surface area contributed by atoms with E-state index in [1.54, 1.807) is 40.2 Å². The number of hydrogen-bond acceptors (Lipinski definition) is 16. The number of amides is 1. The van der Waals surface area contributed by atoms with Gasteiger partial charge < -0.3 is 68.0 Å². The van der Waals surface area contributed by atoms with Crippen molar-refractivity contribution in [3.63, 3.8) is 0 Å². The number of allylic oxidation sites excluding steroid dienone is 2. The number of carbonyl (C=O) groups excluding carboxylic acids is 2. The van der Waals surface area contributed by atoms with Crippen molar-refractivity contribution in [1.82, 2.24) is 9.78 Å². The van der Waals surface area contributed by atoms with Crippen LogP contribution in [-0.4, -0.2) is 155 Å². The first kappa shape index (κ1) is 65.9. The molecular weight excluding hydrogens is 1110 g/mol. The molecule has 2 bridgehead atoms. The Morgan fingerprint density at radius 2 is 1.63 bits per heavy atom. The van der Waals surface area contributed by atoms with Crippen LogP contribution in [0.3, 0.4) is 0 Å². The number of aliphatic hydroxyl groups is 3. The molecule has 2 aliphatic carbocycles. The van der Waals surface area contributed by atoms with Gasteiger partial charge in [-0.25, -0.2) is 8.78 Å². The maximum atomic E-state index is 14.3. The van der Waals surface area contributed by atoms with Crippen molar-refractivity contribution < 1.29 is 81.1 Å². The molecule has 10 rings (SSSR count). The number of anilines is 1. The smallest absolute Gasteiger partial charge is 0.316 e. The van der Waals surface area contributed by atoms with Crippen LogP contribution >= 0.6 is 0 Å². The Balaban J connectivity index is 0.000000306. The molecule has 4 fully saturated rings. The van der Waals surface area contributed by atoms with Crippen molar-refractivity contribution in [3.8, 4) is 0 Å². The Morgan fingerprint density at radius 1 is 0.919 bits per heavy atom. The summed E-state index contributed by atoms with van der Waals surface area (Å²) in [5.74, 6) is -2.81. The average molecular weight is 1210 g/mol. The Kier molecular flexibility index (Phi) is 20.6. The minimum absolute atomic E-state index is 0.0317. The number of nitrogens with zero attached hydrogens (tertiary/aromatic N) is 2. The number of hydrogen-bond donors (Lipinski definition) is 4. The second kappa shape index (κ2) is 26.9. The highest BCUT2D eigenvalue weighted by Crippen LogP contribution is 2.50. The number of fused-ring (bicyclic) bond motifs is 3. The van der Waals surface area contributed by atoms with Crippen LogP contribution < -0.4 is 5.32 Å². The monoisotopic (exact) mass is 1210 g/mol. The summed E-state index contributed by atoms with van der Waals surface area (Å²) >= 11 is 0. The number of halogens is 2. The molecule has 8 aliphatic rings. The maximum Gasteiger partial charge on any atom is 0.316 e. The summed E-state index contributed by atoms with van der Waals surface area (Å²) < 4.78 is 91.0. The predicted octanol–water partition coefficient (Wildman–Crippen LogP) is 9.77. The van der Waals surface area contributed by atoms with Crippen molar-refractivity contribution in [2.24, 2.45) is 30.7 Å². The van der Waals surface area contributed by atoms with E-state index >= 15 is 0 Å². The van der Waals surface area contributed by atoms with E-state index in [-0.39, 0.29) is 53.7 Å². The number of aromatic nitrogens is 2. The first-order valence-corrected chi connectivity index (χ1v) is 30.8. The lowest BCUT2D eigenvalue weighted by Gasteiger charge is -2.48. The van der Waals surface area contributed by atoms with Gasteiger partial charge in [-0.1, -0.05) is 103 Å². The van der Waals surface area contributed by atoms with E-state index in [0.29, 0.717) is 54.9 Å². The summed E-state index contributed by atoms with van der Waals surface area (Å²) in [6, 6.07) is 5.79. The fourth-order valence-electron chi connectivity index (χ4n) is 14.4. The molecule has 7 heterocycles. The minimum atomic E-state index is -2.79. The lowest BCUT2D eigenvalue weighted by Crippen LogP contribution is -2.58. The number of carbonyl (C=O) groups is 2. The van der Waals surface area contributed by atoms with Crippen LogP contribution in [-0.2, 0) is 64.6 Å². The number of ether oxygens (including phenoxy) is 10. The highest BCUT2D eigenvalue weighted by molar-refractivity contribution is 6.05. The van der Waals surface area contributed by atoms with Crippen molar-refractivity contribution in [3.05, 3.63) is 106 Å². The van der Waals surface area contributed by atoms with Crippen molar-refractivity contribution in [2.75, 3.05) is 26.1 Å². The second-order valence-electron chi connectivity index (χ2n) is 26.1. The van der Waals surface area contributed by atoms with E-state index in [2.05, 4.69) is 77.1 Å². The third kappa shape index (κ3) is 13.6.